The van der Waals surface area contributed by atoms with Gasteiger partial charge in [0.1, 0.15) is 0 Å². The number of nitrogens with one attached hydrogen (secondary N) is 1. The fourth-order valence-electron chi connectivity index (χ4n) is 2.88. The second-order valence-corrected chi connectivity index (χ2v) is 7.80. The zero-order valence-electron chi connectivity index (χ0n) is 16.8. The number of ether oxygens (including phenoxy) is 1. The molecule has 31 heavy (non-hydrogen) atoms. The molecule has 0 aliphatic rings. The Morgan fingerprint density at radius 3 is 2.65 bits per heavy atom. The van der Waals surface area contributed by atoms with Crippen LogP contribution in [0.2, 0.25) is 0 Å². The van der Waals surface area contributed by atoms with E-state index in [1.807, 2.05) is 66.9 Å². The molecule has 1 amide bonds. The summed E-state index contributed by atoms with van der Waals surface area (Å²) in [6.07, 6.45) is 3.03. The van der Waals surface area contributed by atoms with Gasteiger partial charge in [0.2, 0.25) is 0 Å². The molecule has 2 aromatic heterocycles. The first-order valence-electron chi connectivity index (χ1n) is 9.63. The fraction of sp³-hybridized carbons (Fsp3) is 0.130. The largest absolute Gasteiger partial charge is 0.452 e. The molecule has 0 radical (unpaired) electrons. The van der Waals surface area contributed by atoms with Crippen LogP contribution in [0.15, 0.2) is 72.4 Å². The van der Waals surface area contributed by atoms with E-state index in [-0.39, 0.29) is 0 Å². The Bertz CT molecular complexity index is 1180. The number of benzene rings is 2. The van der Waals surface area contributed by atoms with Crippen LogP contribution in [0.1, 0.15) is 21.5 Å². The first-order chi connectivity index (χ1) is 15.1. The summed E-state index contributed by atoms with van der Waals surface area (Å²) in [5.41, 5.74) is 4.28. The van der Waals surface area contributed by atoms with Crippen LogP contribution in [0.5, 0.6) is 0 Å². The molecule has 7 nitrogen and oxygen atoms in total. The standard InChI is InChI=1S/C23H20N4O3S/c1-16-7-9-18(10-8-16)20-15-31-23(25-20)26-21(28)14-30-22(29)19-11-24-27(13-19)12-17-5-3-2-4-6-17/h2-11,13,15H,12,14H2,1H3,(H,25,26,28). The number of hydrogen-bond donors (Lipinski definition) is 1. The van der Waals surface area contributed by atoms with E-state index in [2.05, 4.69) is 15.4 Å². The maximum absolute atomic E-state index is 12.2. The topological polar surface area (TPSA) is 86.1 Å². The fourth-order valence-corrected chi connectivity index (χ4v) is 3.62. The number of esters is 1. The number of amides is 1. The average Bonchev–Trinajstić information content (AvgIpc) is 3.43. The lowest BCUT2D eigenvalue weighted by atomic mass is 10.1. The van der Waals surface area contributed by atoms with Gasteiger partial charge in [-0.25, -0.2) is 9.78 Å². The third-order valence-corrected chi connectivity index (χ3v) is 5.25. The van der Waals surface area contributed by atoms with Crippen molar-refractivity contribution in [1.29, 1.82) is 0 Å². The molecular weight excluding hydrogens is 412 g/mol. The van der Waals surface area contributed by atoms with Gasteiger partial charge in [0.15, 0.2) is 11.7 Å². The minimum absolute atomic E-state index is 0.291. The quantitative estimate of drug-likeness (QED) is 0.443. The van der Waals surface area contributed by atoms with Gasteiger partial charge in [0.25, 0.3) is 5.91 Å². The maximum Gasteiger partial charge on any atom is 0.341 e. The second-order valence-electron chi connectivity index (χ2n) is 6.94. The number of aryl methyl sites for hydroxylation is 1. The molecule has 8 heteroatoms. The highest BCUT2D eigenvalue weighted by Crippen LogP contribution is 2.25. The van der Waals surface area contributed by atoms with Crippen LogP contribution < -0.4 is 5.32 Å². The summed E-state index contributed by atoms with van der Waals surface area (Å²) >= 11 is 1.31. The molecule has 0 atom stereocenters. The summed E-state index contributed by atoms with van der Waals surface area (Å²) < 4.78 is 6.75. The number of anilines is 1. The van der Waals surface area contributed by atoms with E-state index in [1.165, 1.54) is 23.1 Å². The molecule has 0 fully saturated rings. The van der Waals surface area contributed by atoms with Crippen molar-refractivity contribution in [2.75, 3.05) is 11.9 Å². The zero-order chi connectivity index (χ0) is 21.6. The van der Waals surface area contributed by atoms with Crippen molar-refractivity contribution in [2.24, 2.45) is 0 Å². The molecule has 0 saturated carbocycles. The van der Waals surface area contributed by atoms with Gasteiger partial charge < -0.3 is 4.74 Å². The van der Waals surface area contributed by atoms with E-state index < -0.39 is 18.5 Å². The highest BCUT2D eigenvalue weighted by molar-refractivity contribution is 7.14. The Labute approximate surface area is 183 Å². The highest BCUT2D eigenvalue weighted by Gasteiger charge is 2.14. The monoisotopic (exact) mass is 432 g/mol. The predicted molar refractivity (Wildman–Crippen MR) is 119 cm³/mol. The van der Waals surface area contributed by atoms with E-state index in [4.69, 9.17) is 4.74 Å². The van der Waals surface area contributed by atoms with E-state index in [0.29, 0.717) is 17.2 Å². The molecule has 2 heterocycles. The number of carbonyl (C=O) groups is 2. The summed E-state index contributed by atoms with van der Waals surface area (Å²) in [6, 6.07) is 17.8. The molecule has 156 valence electrons. The minimum atomic E-state index is -0.603. The molecule has 0 unspecified atom stereocenters. The van der Waals surface area contributed by atoms with Crippen molar-refractivity contribution >= 4 is 28.3 Å². The van der Waals surface area contributed by atoms with Crippen LogP contribution >= 0.6 is 11.3 Å². The van der Waals surface area contributed by atoms with Crippen molar-refractivity contribution in [3.63, 3.8) is 0 Å². The lowest BCUT2D eigenvalue weighted by molar-refractivity contribution is -0.119. The molecule has 0 spiro atoms. The normalized spacial score (nSPS) is 10.6. The number of thiazole rings is 1. The van der Waals surface area contributed by atoms with Gasteiger partial charge in [-0.2, -0.15) is 5.10 Å². The Morgan fingerprint density at radius 2 is 1.87 bits per heavy atom. The van der Waals surface area contributed by atoms with Gasteiger partial charge in [-0.15, -0.1) is 11.3 Å². The van der Waals surface area contributed by atoms with Crippen LogP contribution in [0, 0.1) is 6.92 Å². The Morgan fingerprint density at radius 1 is 1.10 bits per heavy atom. The molecule has 1 N–H and O–H groups in total. The molecular formula is C23H20N4O3S. The number of rotatable bonds is 7. The summed E-state index contributed by atoms with van der Waals surface area (Å²) in [6.45, 7) is 2.16. The number of hydrogen-bond acceptors (Lipinski definition) is 6. The van der Waals surface area contributed by atoms with Gasteiger partial charge in [-0.1, -0.05) is 60.2 Å². The van der Waals surface area contributed by atoms with Crippen LogP contribution in [0.25, 0.3) is 11.3 Å². The molecule has 0 saturated heterocycles. The Kier molecular flexibility index (Phi) is 6.18. The van der Waals surface area contributed by atoms with Gasteiger partial charge in [0, 0.05) is 17.1 Å². The molecule has 0 aliphatic heterocycles. The summed E-state index contributed by atoms with van der Waals surface area (Å²) in [5.74, 6) is -1.05. The zero-order valence-corrected chi connectivity index (χ0v) is 17.6. The van der Waals surface area contributed by atoms with E-state index >= 15 is 0 Å². The van der Waals surface area contributed by atoms with Crippen LogP contribution in [0.4, 0.5) is 5.13 Å². The van der Waals surface area contributed by atoms with Gasteiger partial charge >= 0.3 is 5.97 Å². The SMILES string of the molecule is Cc1ccc(-c2csc(NC(=O)COC(=O)c3cnn(Cc4ccccc4)c3)n2)cc1. The van der Waals surface area contributed by atoms with Gasteiger partial charge in [-0.3, -0.25) is 14.8 Å². The van der Waals surface area contributed by atoms with Crippen molar-refractivity contribution in [1.82, 2.24) is 14.8 Å². The molecule has 4 rings (SSSR count). The Hall–Kier alpha value is -3.78. The number of aromatic nitrogens is 3. The number of nitrogens with zero attached hydrogens (tertiary/aromatic N) is 3. The molecule has 2 aromatic carbocycles. The van der Waals surface area contributed by atoms with Crippen LogP contribution in [0.3, 0.4) is 0 Å². The summed E-state index contributed by atoms with van der Waals surface area (Å²) in [5, 5.41) is 9.15. The number of carbonyl (C=O) groups excluding carboxylic acids is 2. The van der Waals surface area contributed by atoms with Crippen molar-refractivity contribution < 1.29 is 14.3 Å². The van der Waals surface area contributed by atoms with Crippen LogP contribution in [-0.4, -0.2) is 33.2 Å². The lowest BCUT2D eigenvalue weighted by Crippen LogP contribution is -2.20. The van der Waals surface area contributed by atoms with Crippen molar-refractivity contribution in [2.45, 2.75) is 13.5 Å². The minimum Gasteiger partial charge on any atom is -0.452 e. The molecule has 4 aromatic rings. The molecule has 0 bridgehead atoms. The van der Waals surface area contributed by atoms with E-state index in [1.54, 1.807) is 10.9 Å². The molecule has 0 aliphatic carbocycles. The van der Waals surface area contributed by atoms with Gasteiger partial charge in [0.05, 0.1) is 24.0 Å². The maximum atomic E-state index is 12.2. The lowest BCUT2D eigenvalue weighted by Gasteiger charge is -2.03. The summed E-state index contributed by atoms with van der Waals surface area (Å²) in [7, 11) is 0. The smallest absolute Gasteiger partial charge is 0.341 e. The summed E-state index contributed by atoms with van der Waals surface area (Å²) in [4.78, 5) is 28.8. The second kappa shape index (κ2) is 9.36. The van der Waals surface area contributed by atoms with E-state index in [9.17, 15) is 9.59 Å². The third kappa shape index (κ3) is 5.43. The van der Waals surface area contributed by atoms with Crippen molar-refractivity contribution in [3.05, 3.63) is 89.1 Å². The average molecular weight is 433 g/mol. The van der Waals surface area contributed by atoms with Crippen LogP contribution in [-0.2, 0) is 16.1 Å². The van der Waals surface area contributed by atoms with Gasteiger partial charge in [-0.05, 0) is 12.5 Å². The highest BCUT2D eigenvalue weighted by atomic mass is 32.1. The first kappa shape index (κ1) is 20.5. The first-order valence-corrected chi connectivity index (χ1v) is 10.5. The Balaban J connectivity index is 1.28. The predicted octanol–water partition coefficient (Wildman–Crippen LogP) is 4.16. The van der Waals surface area contributed by atoms with Crippen molar-refractivity contribution in [3.8, 4) is 11.3 Å². The van der Waals surface area contributed by atoms with E-state index in [0.717, 1.165) is 16.8 Å². The third-order valence-electron chi connectivity index (χ3n) is 4.49.